The van der Waals surface area contributed by atoms with Gasteiger partial charge in [-0.15, -0.1) is 0 Å². The molecule has 0 saturated carbocycles. The Morgan fingerprint density at radius 1 is 1.04 bits per heavy atom. The van der Waals surface area contributed by atoms with E-state index in [0.717, 1.165) is 16.9 Å². The Labute approximate surface area is 134 Å². The fourth-order valence-electron chi connectivity index (χ4n) is 2.39. The summed E-state index contributed by atoms with van der Waals surface area (Å²) in [6.45, 7) is 3.45. The van der Waals surface area contributed by atoms with Crippen molar-refractivity contribution in [2.24, 2.45) is 0 Å². The second-order valence-corrected chi connectivity index (χ2v) is 5.19. The summed E-state index contributed by atoms with van der Waals surface area (Å²) in [5.74, 6) is -2.35. The molecule has 122 valence electrons. The van der Waals surface area contributed by atoms with E-state index in [1.54, 1.807) is 19.1 Å². The number of anilines is 1. The Morgan fingerprint density at radius 2 is 1.70 bits per heavy atom. The van der Waals surface area contributed by atoms with Crippen LogP contribution in [0.2, 0.25) is 0 Å². The summed E-state index contributed by atoms with van der Waals surface area (Å²) in [6.07, 6.45) is 1.29. The zero-order valence-corrected chi connectivity index (χ0v) is 13.2. The lowest BCUT2D eigenvalue weighted by molar-refractivity contribution is -0.143. The summed E-state index contributed by atoms with van der Waals surface area (Å²) in [5.41, 5.74) is 1.58. The Morgan fingerprint density at radius 3 is 2.35 bits per heavy atom. The summed E-state index contributed by atoms with van der Waals surface area (Å²) < 4.78 is 0. The molecule has 0 aliphatic carbocycles. The SMILES string of the molecule is CCCN1C(=O)C(=O)N(CC(=O)Nc2ccccc2CC)C1=O. The van der Waals surface area contributed by atoms with Crippen molar-refractivity contribution in [1.82, 2.24) is 9.80 Å². The topological polar surface area (TPSA) is 86.8 Å². The van der Waals surface area contributed by atoms with Gasteiger partial charge in [-0.25, -0.2) is 9.69 Å². The lowest BCUT2D eigenvalue weighted by atomic mass is 10.1. The molecule has 23 heavy (non-hydrogen) atoms. The molecule has 7 heteroatoms. The van der Waals surface area contributed by atoms with E-state index in [9.17, 15) is 19.2 Å². The van der Waals surface area contributed by atoms with Gasteiger partial charge in [-0.05, 0) is 24.5 Å². The number of hydrogen-bond donors (Lipinski definition) is 1. The van der Waals surface area contributed by atoms with E-state index < -0.39 is 30.3 Å². The van der Waals surface area contributed by atoms with Gasteiger partial charge in [-0.2, -0.15) is 0 Å². The summed E-state index contributed by atoms with van der Waals surface area (Å²) in [7, 11) is 0. The zero-order chi connectivity index (χ0) is 17.0. The van der Waals surface area contributed by atoms with Crippen LogP contribution in [0, 0.1) is 0 Å². The van der Waals surface area contributed by atoms with Gasteiger partial charge in [0.15, 0.2) is 0 Å². The number of carbonyl (C=O) groups is 4. The fourth-order valence-corrected chi connectivity index (χ4v) is 2.39. The first-order valence-corrected chi connectivity index (χ1v) is 7.54. The Bertz CT molecular complexity index is 656. The number of rotatable bonds is 6. The van der Waals surface area contributed by atoms with Gasteiger partial charge in [0.1, 0.15) is 6.54 Å². The van der Waals surface area contributed by atoms with Gasteiger partial charge < -0.3 is 5.32 Å². The highest BCUT2D eigenvalue weighted by molar-refractivity contribution is 6.45. The number of amides is 5. The average Bonchev–Trinajstić information content (AvgIpc) is 2.73. The van der Waals surface area contributed by atoms with Crippen LogP contribution in [-0.4, -0.2) is 46.6 Å². The maximum absolute atomic E-state index is 12.1. The minimum atomic E-state index is -0.956. The molecule has 7 nitrogen and oxygen atoms in total. The monoisotopic (exact) mass is 317 g/mol. The van der Waals surface area contributed by atoms with Crippen molar-refractivity contribution >= 4 is 29.4 Å². The molecule has 1 aromatic rings. The number of para-hydroxylation sites is 1. The van der Waals surface area contributed by atoms with Crippen LogP contribution in [0.1, 0.15) is 25.8 Å². The molecule has 0 unspecified atom stereocenters. The molecule has 1 aliphatic heterocycles. The number of urea groups is 1. The molecular formula is C16H19N3O4. The number of carbonyl (C=O) groups excluding carboxylic acids is 4. The third-order valence-electron chi connectivity index (χ3n) is 3.56. The number of benzene rings is 1. The maximum atomic E-state index is 12.1. The van der Waals surface area contributed by atoms with E-state index in [2.05, 4.69) is 5.32 Å². The van der Waals surface area contributed by atoms with Crippen molar-refractivity contribution in [2.75, 3.05) is 18.4 Å². The van der Waals surface area contributed by atoms with Gasteiger partial charge in [0.05, 0.1) is 0 Å². The van der Waals surface area contributed by atoms with Gasteiger partial charge in [-0.3, -0.25) is 19.3 Å². The number of aryl methyl sites for hydroxylation is 1. The van der Waals surface area contributed by atoms with Crippen LogP contribution < -0.4 is 5.32 Å². The van der Waals surface area contributed by atoms with Crippen LogP contribution in [0.15, 0.2) is 24.3 Å². The summed E-state index contributed by atoms with van der Waals surface area (Å²) >= 11 is 0. The predicted octanol–water partition coefficient (Wildman–Crippen LogP) is 1.39. The van der Waals surface area contributed by atoms with Crippen LogP contribution in [-0.2, 0) is 20.8 Å². The number of nitrogens with one attached hydrogen (secondary N) is 1. The summed E-state index contributed by atoms with van der Waals surface area (Å²) in [5, 5.41) is 2.68. The Balaban J connectivity index is 2.07. The van der Waals surface area contributed by atoms with Crippen LogP contribution in [0.25, 0.3) is 0 Å². The average molecular weight is 317 g/mol. The van der Waals surface area contributed by atoms with Gasteiger partial charge in [-0.1, -0.05) is 32.0 Å². The van der Waals surface area contributed by atoms with Crippen molar-refractivity contribution in [2.45, 2.75) is 26.7 Å². The largest absolute Gasteiger partial charge is 0.334 e. The zero-order valence-electron chi connectivity index (χ0n) is 13.2. The molecule has 1 aliphatic rings. The van der Waals surface area contributed by atoms with Crippen LogP contribution >= 0.6 is 0 Å². The van der Waals surface area contributed by atoms with Gasteiger partial charge in [0, 0.05) is 12.2 Å². The third kappa shape index (κ3) is 3.39. The third-order valence-corrected chi connectivity index (χ3v) is 3.56. The van der Waals surface area contributed by atoms with Crippen molar-refractivity contribution in [1.29, 1.82) is 0 Å². The van der Waals surface area contributed by atoms with E-state index in [1.807, 2.05) is 19.1 Å². The molecule has 0 bridgehead atoms. The minimum Gasteiger partial charge on any atom is -0.324 e. The molecule has 1 saturated heterocycles. The quantitative estimate of drug-likeness (QED) is 0.634. The molecule has 1 fully saturated rings. The molecule has 0 spiro atoms. The lowest BCUT2D eigenvalue weighted by Gasteiger charge is -2.15. The highest BCUT2D eigenvalue weighted by Gasteiger charge is 2.44. The number of hydrogen-bond acceptors (Lipinski definition) is 4. The van der Waals surface area contributed by atoms with Gasteiger partial charge in [0.25, 0.3) is 0 Å². The highest BCUT2D eigenvalue weighted by atomic mass is 16.2. The first-order valence-electron chi connectivity index (χ1n) is 7.54. The van der Waals surface area contributed by atoms with Crippen molar-refractivity contribution in [3.63, 3.8) is 0 Å². The van der Waals surface area contributed by atoms with E-state index in [1.165, 1.54) is 0 Å². The lowest BCUT2D eigenvalue weighted by Crippen LogP contribution is -2.39. The molecule has 1 heterocycles. The van der Waals surface area contributed by atoms with Crippen LogP contribution in [0.5, 0.6) is 0 Å². The molecule has 1 N–H and O–H groups in total. The molecule has 2 rings (SSSR count). The summed E-state index contributed by atoms with van der Waals surface area (Å²) in [4.78, 5) is 49.3. The Kier molecular flexibility index (Phi) is 5.10. The normalized spacial score (nSPS) is 14.6. The smallest absolute Gasteiger partial charge is 0.324 e. The van der Waals surface area contributed by atoms with E-state index >= 15 is 0 Å². The first kappa shape index (κ1) is 16.7. The van der Waals surface area contributed by atoms with Crippen LogP contribution in [0.4, 0.5) is 10.5 Å². The number of nitrogens with zero attached hydrogens (tertiary/aromatic N) is 2. The maximum Gasteiger partial charge on any atom is 0.334 e. The molecule has 5 amide bonds. The Hall–Kier alpha value is -2.70. The van der Waals surface area contributed by atoms with Crippen molar-refractivity contribution < 1.29 is 19.2 Å². The molecule has 0 atom stereocenters. The highest BCUT2D eigenvalue weighted by Crippen LogP contribution is 2.16. The molecule has 0 radical (unpaired) electrons. The van der Waals surface area contributed by atoms with Gasteiger partial charge >= 0.3 is 17.8 Å². The number of imide groups is 2. The van der Waals surface area contributed by atoms with E-state index in [4.69, 9.17) is 0 Å². The fraction of sp³-hybridized carbons (Fsp3) is 0.375. The minimum absolute atomic E-state index is 0.167. The predicted molar refractivity (Wildman–Crippen MR) is 83.6 cm³/mol. The van der Waals surface area contributed by atoms with E-state index in [0.29, 0.717) is 17.0 Å². The molecule has 1 aromatic carbocycles. The van der Waals surface area contributed by atoms with E-state index in [-0.39, 0.29) is 6.54 Å². The first-order chi connectivity index (χ1) is 11.0. The van der Waals surface area contributed by atoms with Crippen molar-refractivity contribution in [3.8, 4) is 0 Å². The molecule has 0 aromatic heterocycles. The summed E-state index contributed by atoms with van der Waals surface area (Å²) in [6, 6.07) is 6.55. The van der Waals surface area contributed by atoms with Gasteiger partial charge in [0.2, 0.25) is 5.91 Å². The van der Waals surface area contributed by atoms with Crippen LogP contribution in [0.3, 0.4) is 0 Å². The van der Waals surface area contributed by atoms with Crippen molar-refractivity contribution in [3.05, 3.63) is 29.8 Å². The second-order valence-electron chi connectivity index (χ2n) is 5.19. The molecular weight excluding hydrogens is 298 g/mol. The second kappa shape index (κ2) is 7.04. The standard InChI is InChI=1S/C16H19N3O4/c1-3-9-18-14(21)15(22)19(16(18)23)10-13(20)17-12-8-6-5-7-11(12)4-2/h5-8H,3-4,9-10H2,1-2H3,(H,17,20).